The molecule has 0 fully saturated rings. The van der Waals surface area contributed by atoms with E-state index in [0.717, 1.165) is 23.8 Å². The van der Waals surface area contributed by atoms with Crippen LogP contribution in [0.4, 0.5) is 0 Å². The Morgan fingerprint density at radius 2 is 2.46 bits per heavy atom. The normalized spacial score (nSPS) is 14.5. The number of rotatable bonds is 3. The first-order valence-electron chi connectivity index (χ1n) is 4.29. The highest BCUT2D eigenvalue weighted by molar-refractivity contribution is 7.99. The minimum Gasteiger partial charge on any atom is -0.337 e. The van der Waals surface area contributed by atoms with Crippen molar-refractivity contribution < 1.29 is 0 Å². The van der Waals surface area contributed by atoms with E-state index in [2.05, 4.69) is 16.5 Å². The van der Waals surface area contributed by atoms with Gasteiger partial charge in [0.25, 0.3) is 0 Å². The van der Waals surface area contributed by atoms with Crippen LogP contribution in [0, 0.1) is 0 Å². The number of H-pyrrole nitrogens is 1. The second kappa shape index (κ2) is 3.76. The highest BCUT2D eigenvalue weighted by atomic mass is 35.5. The van der Waals surface area contributed by atoms with Gasteiger partial charge in [0, 0.05) is 16.5 Å². The quantitative estimate of drug-likeness (QED) is 0.784. The Kier molecular flexibility index (Phi) is 2.65. The molecule has 1 heterocycles. The molecular formula is C9H11ClN2S. The number of hydrogen-bond acceptors (Lipinski definition) is 2. The highest BCUT2D eigenvalue weighted by Gasteiger charge is 2.15. The third-order valence-electron chi connectivity index (χ3n) is 2.05. The van der Waals surface area contributed by atoms with Gasteiger partial charge in [0.05, 0.1) is 5.69 Å². The van der Waals surface area contributed by atoms with Crippen LogP contribution in [-0.2, 0) is 12.8 Å². The number of thioether (sulfide) groups is 1. The van der Waals surface area contributed by atoms with Crippen molar-refractivity contribution in [3.05, 3.63) is 23.0 Å². The monoisotopic (exact) mass is 214 g/mol. The van der Waals surface area contributed by atoms with Crippen LogP contribution in [0.15, 0.2) is 16.8 Å². The maximum atomic E-state index is 5.67. The van der Waals surface area contributed by atoms with Crippen molar-refractivity contribution in [2.75, 3.05) is 5.75 Å². The summed E-state index contributed by atoms with van der Waals surface area (Å²) in [5, 5.41) is 1.65. The molecule has 0 amide bonds. The summed E-state index contributed by atoms with van der Waals surface area (Å²) < 4.78 is 0. The van der Waals surface area contributed by atoms with E-state index in [1.54, 1.807) is 11.8 Å². The van der Waals surface area contributed by atoms with E-state index < -0.39 is 0 Å². The molecule has 1 aliphatic rings. The molecule has 0 atom stereocenters. The van der Waals surface area contributed by atoms with Gasteiger partial charge in [-0.2, -0.15) is 0 Å². The molecule has 0 unspecified atom stereocenters. The zero-order chi connectivity index (χ0) is 9.26. The lowest BCUT2D eigenvalue weighted by Crippen LogP contribution is -1.83. The highest BCUT2D eigenvalue weighted by Crippen LogP contribution is 2.25. The number of nitrogens with one attached hydrogen (secondary N) is 1. The van der Waals surface area contributed by atoms with Gasteiger partial charge in [-0.1, -0.05) is 29.9 Å². The van der Waals surface area contributed by atoms with E-state index >= 15 is 0 Å². The van der Waals surface area contributed by atoms with Gasteiger partial charge in [-0.05, 0) is 19.3 Å². The molecule has 1 aromatic rings. The van der Waals surface area contributed by atoms with Crippen LogP contribution < -0.4 is 0 Å². The average Bonchev–Trinajstić information content (AvgIpc) is 2.58. The van der Waals surface area contributed by atoms with Gasteiger partial charge in [0.1, 0.15) is 0 Å². The van der Waals surface area contributed by atoms with E-state index in [1.165, 1.54) is 17.8 Å². The first-order chi connectivity index (χ1) is 6.25. The van der Waals surface area contributed by atoms with Crippen molar-refractivity contribution in [3.63, 3.8) is 0 Å². The molecule has 1 N–H and O–H groups in total. The van der Waals surface area contributed by atoms with E-state index in [0.29, 0.717) is 5.03 Å². The third-order valence-corrected chi connectivity index (χ3v) is 3.30. The van der Waals surface area contributed by atoms with Crippen LogP contribution in [0.2, 0.25) is 0 Å². The first-order valence-corrected chi connectivity index (χ1v) is 5.66. The van der Waals surface area contributed by atoms with Gasteiger partial charge in [-0.3, -0.25) is 0 Å². The maximum absolute atomic E-state index is 5.67. The minimum atomic E-state index is 0.668. The van der Waals surface area contributed by atoms with Gasteiger partial charge < -0.3 is 4.98 Å². The molecule has 1 aliphatic carbocycles. The molecular weight excluding hydrogens is 204 g/mol. The number of fused-ring (bicyclic) bond motifs is 1. The lowest BCUT2D eigenvalue weighted by Gasteiger charge is -1.94. The number of imidazole rings is 1. The molecule has 2 rings (SSSR count). The van der Waals surface area contributed by atoms with Gasteiger partial charge in [-0.25, -0.2) is 4.98 Å². The Labute approximate surface area is 86.8 Å². The van der Waals surface area contributed by atoms with Gasteiger partial charge >= 0.3 is 0 Å². The second-order valence-corrected chi connectivity index (χ2v) is 4.63. The number of aryl methyl sites for hydroxylation is 2. The van der Waals surface area contributed by atoms with Crippen molar-refractivity contribution in [2.24, 2.45) is 0 Å². The molecule has 2 nitrogen and oxygen atoms in total. The fourth-order valence-electron chi connectivity index (χ4n) is 1.48. The number of aromatic amines is 1. The number of halogens is 1. The Balaban J connectivity index is 2.02. The van der Waals surface area contributed by atoms with E-state index in [1.807, 2.05) is 0 Å². The lowest BCUT2D eigenvalue weighted by atomic mass is 10.4. The average molecular weight is 215 g/mol. The number of aromatic nitrogens is 2. The molecule has 0 radical (unpaired) electrons. The van der Waals surface area contributed by atoms with Gasteiger partial charge in [0.15, 0.2) is 5.16 Å². The van der Waals surface area contributed by atoms with Crippen LogP contribution in [0.1, 0.15) is 17.8 Å². The smallest absolute Gasteiger partial charge is 0.166 e. The molecule has 0 spiro atoms. The van der Waals surface area contributed by atoms with Gasteiger partial charge in [0.2, 0.25) is 0 Å². The molecule has 1 aromatic heterocycles. The van der Waals surface area contributed by atoms with E-state index in [9.17, 15) is 0 Å². The van der Waals surface area contributed by atoms with Crippen molar-refractivity contribution in [3.8, 4) is 0 Å². The molecule has 0 aromatic carbocycles. The zero-order valence-corrected chi connectivity index (χ0v) is 8.84. The predicted octanol–water partition coefficient (Wildman–Crippen LogP) is 2.74. The van der Waals surface area contributed by atoms with E-state index in [-0.39, 0.29) is 0 Å². The topological polar surface area (TPSA) is 28.7 Å². The third kappa shape index (κ3) is 2.09. The fourth-order valence-corrected chi connectivity index (χ4v) is 2.31. The summed E-state index contributed by atoms with van der Waals surface area (Å²) in [6.07, 6.45) is 3.50. The molecule has 0 aliphatic heterocycles. The summed E-state index contributed by atoms with van der Waals surface area (Å²) in [5.41, 5.74) is 2.55. The van der Waals surface area contributed by atoms with Crippen molar-refractivity contribution in [1.82, 2.24) is 9.97 Å². The fraction of sp³-hybridized carbons (Fsp3) is 0.444. The number of hydrogen-bond donors (Lipinski definition) is 1. The predicted molar refractivity (Wildman–Crippen MR) is 56.3 cm³/mol. The first kappa shape index (κ1) is 9.16. The standard InChI is InChI=1S/C9H11ClN2S/c1-6(10)5-13-9-11-7-3-2-4-8(7)12-9/h1-5H2,(H,11,12). The van der Waals surface area contributed by atoms with Crippen LogP contribution in [0.25, 0.3) is 0 Å². The van der Waals surface area contributed by atoms with Gasteiger partial charge in [-0.15, -0.1) is 0 Å². The Morgan fingerprint density at radius 3 is 3.15 bits per heavy atom. The summed E-state index contributed by atoms with van der Waals surface area (Å²) in [4.78, 5) is 7.77. The Hall–Kier alpha value is -0.410. The minimum absolute atomic E-state index is 0.668. The summed E-state index contributed by atoms with van der Waals surface area (Å²) in [7, 11) is 0. The molecule has 70 valence electrons. The van der Waals surface area contributed by atoms with Crippen LogP contribution in [0.3, 0.4) is 0 Å². The SMILES string of the molecule is C=C(Cl)CSc1nc2c([nH]1)CCC2. The van der Waals surface area contributed by atoms with Crippen LogP contribution in [0.5, 0.6) is 0 Å². The molecule has 4 heteroatoms. The summed E-state index contributed by atoms with van der Waals surface area (Å²) in [6, 6.07) is 0. The molecule has 0 saturated heterocycles. The Bertz CT molecular complexity index is 311. The summed E-state index contributed by atoms with van der Waals surface area (Å²) in [6.45, 7) is 3.64. The lowest BCUT2D eigenvalue weighted by molar-refractivity contribution is 0.845. The molecule has 13 heavy (non-hydrogen) atoms. The largest absolute Gasteiger partial charge is 0.337 e. The summed E-state index contributed by atoms with van der Waals surface area (Å²) in [5.74, 6) is 0.730. The summed E-state index contributed by atoms with van der Waals surface area (Å²) >= 11 is 7.28. The number of nitrogens with zero attached hydrogens (tertiary/aromatic N) is 1. The van der Waals surface area contributed by atoms with Crippen molar-refractivity contribution in [2.45, 2.75) is 24.4 Å². The van der Waals surface area contributed by atoms with Crippen LogP contribution >= 0.6 is 23.4 Å². The van der Waals surface area contributed by atoms with Crippen molar-refractivity contribution in [1.29, 1.82) is 0 Å². The van der Waals surface area contributed by atoms with Crippen LogP contribution in [-0.4, -0.2) is 15.7 Å². The second-order valence-electron chi connectivity index (χ2n) is 3.13. The molecule has 0 bridgehead atoms. The van der Waals surface area contributed by atoms with E-state index in [4.69, 9.17) is 11.6 Å². The van der Waals surface area contributed by atoms with Crippen molar-refractivity contribution >= 4 is 23.4 Å². The Morgan fingerprint density at radius 1 is 1.62 bits per heavy atom. The molecule has 0 saturated carbocycles. The maximum Gasteiger partial charge on any atom is 0.166 e. The zero-order valence-electron chi connectivity index (χ0n) is 7.27.